The lowest BCUT2D eigenvalue weighted by Crippen LogP contribution is -2.47. The van der Waals surface area contributed by atoms with Crippen molar-refractivity contribution >= 4 is 5.69 Å². The Morgan fingerprint density at radius 2 is 1.67 bits per heavy atom. The van der Waals surface area contributed by atoms with Gasteiger partial charge in [-0.3, -0.25) is 4.90 Å². The Balaban J connectivity index is 1.69. The number of hydrogen-bond donors (Lipinski definition) is 1. The monoisotopic (exact) mass is 332 g/mol. The van der Waals surface area contributed by atoms with Crippen molar-refractivity contribution in [2.24, 2.45) is 0 Å². The number of hydrogen-bond acceptors (Lipinski definition) is 3. The molecule has 1 aliphatic heterocycles. The summed E-state index contributed by atoms with van der Waals surface area (Å²) in [7, 11) is 0. The van der Waals surface area contributed by atoms with Crippen molar-refractivity contribution in [1.29, 1.82) is 0 Å². The van der Waals surface area contributed by atoms with E-state index in [-0.39, 0.29) is 11.8 Å². The smallest absolute Gasteiger partial charge is 0.130 e. The van der Waals surface area contributed by atoms with Crippen LogP contribution in [0.4, 0.5) is 14.5 Å². The Hall–Kier alpha value is -2.14. The zero-order chi connectivity index (χ0) is 17.1. The molecule has 3 nitrogen and oxygen atoms in total. The fraction of sp³-hybridized carbons (Fsp3) is 0.368. The zero-order valence-corrected chi connectivity index (χ0v) is 13.8. The van der Waals surface area contributed by atoms with Crippen LogP contribution < -0.4 is 4.90 Å². The Labute approximate surface area is 141 Å². The normalized spacial score (nSPS) is 17.0. The molecule has 0 aliphatic carbocycles. The van der Waals surface area contributed by atoms with Crippen LogP contribution in [0.25, 0.3) is 0 Å². The number of piperazine rings is 1. The van der Waals surface area contributed by atoms with Crippen LogP contribution in [-0.2, 0) is 0 Å². The molecule has 0 amide bonds. The van der Waals surface area contributed by atoms with Gasteiger partial charge in [0, 0.05) is 49.5 Å². The van der Waals surface area contributed by atoms with E-state index in [1.807, 2.05) is 19.1 Å². The molecule has 0 radical (unpaired) electrons. The summed E-state index contributed by atoms with van der Waals surface area (Å²) in [4.78, 5) is 4.51. The van der Waals surface area contributed by atoms with Crippen molar-refractivity contribution in [2.75, 3.05) is 31.1 Å². The molecule has 0 spiro atoms. The first-order valence-corrected chi connectivity index (χ1v) is 8.31. The van der Waals surface area contributed by atoms with Crippen molar-refractivity contribution in [2.45, 2.75) is 19.4 Å². The molecule has 24 heavy (non-hydrogen) atoms. The van der Waals surface area contributed by atoms with E-state index in [0.29, 0.717) is 5.56 Å². The third-order valence-corrected chi connectivity index (χ3v) is 4.68. The Kier molecular flexibility index (Phi) is 5.00. The van der Waals surface area contributed by atoms with Crippen LogP contribution in [0.5, 0.6) is 5.75 Å². The summed E-state index contributed by atoms with van der Waals surface area (Å²) in [6.07, 6.45) is 0.780. The number of halogens is 2. The van der Waals surface area contributed by atoms with Gasteiger partial charge in [-0.15, -0.1) is 0 Å². The van der Waals surface area contributed by atoms with Gasteiger partial charge in [-0.05, 0) is 36.8 Å². The molecular weight excluding hydrogens is 310 g/mol. The zero-order valence-electron chi connectivity index (χ0n) is 13.8. The summed E-state index contributed by atoms with van der Waals surface area (Å²) in [5.41, 5.74) is 1.64. The number of anilines is 1. The first-order valence-electron chi connectivity index (χ1n) is 8.31. The third-order valence-electron chi connectivity index (χ3n) is 4.68. The molecule has 1 unspecified atom stereocenters. The summed E-state index contributed by atoms with van der Waals surface area (Å²) in [5.74, 6) is -0.749. The fourth-order valence-corrected chi connectivity index (χ4v) is 3.40. The average Bonchev–Trinajstić information content (AvgIpc) is 2.59. The molecule has 1 fully saturated rings. The standard InChI is InChI=1S/C19H22F2N2O/c1-2-19(17-8-3-14(20)13-18(17)21)23-11-9-22(10-12-23)15-4-6-16(24)7-5-15/h3-8,13,19,24H,2,9-12H2,1H3. The van der Waals surface area contributed by atoms with Crippen molar-refractivity contribution in [3.63, 3.8) is 0 Å². The SMILES string of the molecule is CCC(c1ccc(F)cc1F)N1CCN(c2ccc(O)cc2)CC1. The van der Waals surface area contributed by atoms with Gasteiger partial charge in [0.15, 0.2) is 0 Å². The predicted octanol–water partition coefficient (Wildman–Crippen LogP) is 3.94. The van der Waals surface area contributed by atoms with E-state index in [1.54, 1.807) is 18.2 Å². The molecule has 1 heterocycles. The van der Waals surface area contributed by atoms with Crippen LogP contribution >= 0.6 is 0 Å². The molecule has 1 aliphatic rings. The van der Waals surface area contributed by atoms with Crippen LogP contribution in [0.15, 0.2) is 42.5 Å². The highest BCUT2D eigenvalue weighted by Gasteiger charge is 2.26. The molecule has 0 bridgehead atoms. The average molecular weight is 332 g/mol. The van der Waals surface area contributed by atoms with Gasteiger partial charge >= 0.3 is 0 Å². The minimum Gasteiger partial charge on any atom is -0.508 e. The largest absolute Gasteiger partial charge is 0.508 e. The molecule has 128 valence electrons. The maximum atomic E-state index is 14.1. The van der Waals surface area contributed by atoms with E-state index in [1.165, 1.54) is 6.07 Å². The maximum Gasteiger partial charge on any atom is 0.130 e. The fourth-order valence-electron chi connectivity index (χ4n) is 3.40. The van der Waals surface area contributed by atoms with Crippen molar-refractivity contribution in [3.05, 3.63) is 59.7 Å². The highest BCUT2D eigenvalue weighted by atomic mass is 19.1. The first kappa shape index (κ1) is 16.7. The first-order chi connectivity index (χ1) is 11.6. The molecular formula is C19H22F2N2O. The molecule has 1 N–H and O–H groups in total. The summed E-state index contributed by atoms with van der Waals surface area (Å²) in [6.45, 7) is 5.33. The topological polar surface area (TPSA) is 26.7 Å². The van der Waals surface area contributed by atoms with E-state index in [4.69, 9.17) is 0 Å². The van der Waals surface area contributed by atoms with Crippen molar-refractivity contribution < 1.29 is 13.9 Å². The molecule has 3 rings (SSSR count). The highest BCUT2D eigenvalue weighted by Crippen LogP contribution is 2.29. The van der Waals surface area contributed by atoms with Gasteiger partial charge < -0.3 is 10.0 Å². The quantitative estimate of drug-likeness (QED) is 0.918. The highest BCUT2D eigenvalue weighted by molar-refractivity contribution is 5.49. The second-order valence-corrected chi connectivity index (χ2v) is 6.13. The van der Waals surface area contributed by atoms with Crippen LogP contribution in [0.2, 0.25) is 0 Å². The van der Waals surface area contributed by atoms with Gasteiger partial charge in [-0.1, -0.05) is 13.0 Å². The minimum atomic E-state index is -0.539. The number of rotatable bonds is 4. The van der Waals surface area contributed by atoms with E-state index in [9.17, 15) is 13.9 Å². The number of phenolic OH excluding ortho intramolecular Hbond substituents is 1. The summed E-state index contributed by atoms with van der Waals surface area (Å²) in [5, 5.41) is 9.38. The van der Waals surface area contributed by atoms with Gasteiger partial charge in [-0.2, -0.15) is 0 Å². The van der Waals surface area contributed by atoms with Gasteiger partial charge in [0.2, 0.25) is 0 Å². The second kappa shape index (κ2) is 7.18. The van der Waals surface area contributed by atoms with E-state index in [0.717, 1.165) is 44.4 Å². The van der Waals surface area contributed by atoms with Gasteiger partial charge in [-0.25, -0.2) is 8.78 Å². The van der Waals surface area contributed by atoms with Crippen molar-refractivity contribution in [3.8, 4) is 5.75 Å². The Bertz CT molecular complexity index is 682. The lowest BCUT2D eigenvalue weighted by molar-refractivity contribution is 0.177. The molecule has 0 saturated carbocycles. The minimum absolute atomic E-state index is 0.0347. The van der Waals surface area contributed by atoms with Crippen LogP contribution in [0.1, 0.15) is 24.9 Å². The molecule has 2 aromatic carbocycles. The molecule has 5 heteroatoms. The van der Waals surface area contributed by atoms with Crippen LogP contribution in [0.3, 0.4) is 0 Å². The lowest BCUT2D eigenvalue weighted by Gasteiger charge is -2.40. The second-order valence-electron chi connectivity index (χ2n) is 6.13. The lowest BCUT2D eigenvalue weighted by atomic mass is 10.0. The Morgan fingerprint density at radius 3 is 2.25 bits per heavy atom. The number of aromatic hydroxyl groups is 1. The maximum absolute atomic E-state index is 14.1. The van der Waals surface area contributed by atoms with Gasteiger partial charge in [0.05, 0.1) is 0 Å². The van der Waals surface area contributed by atoms with Crippen LogP contribution in [0, 0.1) is 11.6 Å². The molecule has 1 atom stereocenters. The summed E-state index contributed by atoms with van der Waals surface area (Å²) >= 11 is 0. The van der Waals surface area contributed by atoms with Gasteiger partial charge in [0.1, 0.15) is 17.4 Å². The summed E-state index contributed by atoms with van der Waals surface area (Å²) in [6, 6.07) is 11.0. The number of nitrogens with zero attached hydrogens (tertiary/aromatic N) is 2. The predicted molar refractivity (Wildman–Crippen MR) is 91.3 cm³/mol. The molecule has 2 aromatic rings. The molecule has 0 aromatic heterocycles. The van der Waals surface area contributed by atoms with Crippen molar-refractivity contribution in [1.82, 2.24) is 4.90 Å². The third kappa shape index (κ3) is 3.51. The van der Waals surface area contributed by atoms with Crippen LogP contribution in [-0.4, -0.2) is 36.2 Å². The van der Waals surface area contributed by atoms with E-state index in [2.05, 4.69) is 9.80 Å². The van der Waals surface area contributed by atoms with E-state index >= 15 is 0 Å². The number of benzene rings is 2. The number of phenols is 1. The van der Waals surface area contributed by atoms with Gasteiger partial charge in [0.25, 0.3) is 0 Å². The molecule has 1 saturated heterocycles. The van der Waals surface area contributed by atoms with E-state index < -0.39 is 11.6 Å². The Morgan fingerprint density at radius 1 is 1.00 bits per heavy atom. The summed E-state index contributed by atoms with van der Waals surface area (Å²) < 4.78 is 27.3.